The first kappa shape index (κ1) is 10.1. The van der Waals surface area contributed by atoms with Crippen LogP contribution in [0.2, 0.25) is 0 Å². The zero-order valence-corrected chi connectivity index (χ0v) is 8.08. The Morgan fingerprint density at radius 3 is 2.69 bits per heavy atom. The van der Waals surface area contributed by atoms with E-state index in [0.717, 1.165) is 0 Å². The predicted molar refractivity (Wildman–Crippen MR) is 48.7 cm³/mol. The van der Waals surface area contributed by atoms with Crippen LogP contribution in [0.1, 0.15) is 11.6 Å². The molecule has 0 aliphatic rings. The smallest absolute Gasteiger partial charge is 0.325 e. The highest BCUT2D eigenvalue weighted by Gasteiger charge is 2.17. The molecule has 5 heteroatoms. The van der Waals surface area contributed by atoms with Gasteiger partial charge in [-0.25, -0.2) is 4.39 Å². The van der Waals surface area contributed by atoms with Crippen LogP contribution < -0.4 is 5.73 Å². The minimum absolute atomic E-state index is 0.0179. The Hall–Kier alpha value is -0.940. The Bertz CT molecular complexity index is 343. The second kappa shape index (κ2) is 3.85. The third-order valence-electron chi connectivity index (χ3n) is 1.56. The first-order chi connectivity index (χ1) is 6.02. The minimum atomic E-state index is -1.31. The Kier molecular flexibility index (Phi) is 3.00. The molecule has 0 heterocycles. The lowest BCUT2D eigenvalue weighted by Gasteiger charge is -2.07. The van der Waals surface area contributed by atoms with Crippen molar-refractivity contribution < 1.29 is 14.3 Å². The molecule has 13 heavy (non-hydrogen) atoms. The van der Waals surface area contributed by atoms with Crippen LogP contribution in [0.3, 0.4) is 0 Å². The highest BCUT2D eigenvalue weighted by molar-refractivity contribution is 9.10. The van der Waals surface area contributed by atoms with Gasteiger partial charge in [0.2, 0.25) is 0 Å². The van der Waals surface area contributed by atoms with E-state index in [1.54, 1.807) is 6.07 Å². The maximum atomic E-state index is 13.1. The van der Waals surface area contributed by atoms with Crippen LogP contribution in [0.5, 0.6) is 0 Å². The second-order valence-electron chi connectivity index (χ2n) is 2.48. The summed E-state index contributed by atoms with van der Waals surface area (Å²) in [7, 11) is 0. The summed E-state index contributed by atoms with van der Waals surface area (Å²) >= 11 is 3.05. The SMILES string of the molecule is N[C@H](C(=O)O)c1ccc(Br)cc1F. The maximum absolute atomic E-state index is 13.1. The van der Waals surface area contributed by atoms with Gasteiger partial charge in [-0.05, 0) is 12.1 Å². The molecule has 1 rings (SSSR count). The molecule has 0 spiro atoms. The number of carbonyl (C=O) groups is 1. The van der Waals surface area contributed by atoms with Crippen LogP contribution >= 0.6 is 15.9 Å². The molecule has 0 saturated heterocycles. The molecule has 3 N–H and O–H groups in total. The van der Waals surface area contributed by atoms with Gasteiger partial charge in [-0.1, -0.05) is 22.0 Å². The number of hydrogen-bond acceptors (Lipinski definition) is 2. The molecule has 3 nitrogen and oxygen atoms in total. The van der Waals surface area contributed by atoms with Gasteiger partial charge in [0.15, 0.2) is 0 Å². The zero-order valence-electron chi connectivity index (χ0n) is 6.50. The normalized spacial score (nSPS) is 12.5. The fourth-order valence-electron chi connectivity index (χ4n) is 0.887. The molecule has 70 valence electrons. The summed E-state index contributed by atoms with van der Waals surface area (Å²) in [6.07, 6.45) is 0. The third kappa shape index (κ3) is 2.26. The van der Waals surface area contributed by atoms with Crippen molar-refractivity contribution in [1.82, 2.24) is 0 Å². The molecule has 1 atom stereocenters. The van der Waals surface area contributed by atoms with Gasteiger partial charge in [-0.2, -0.15) is 0 Å². The quantitative estimate of drug-likeness (QED) is 0.836. The summed E-state index contributed by atoms with van der Waals surface area (Å²) in [5, 5.41) is 8.53. The summed E-state index contributed by atoms with van der Waals surface area (Å²) in [4.78, 5) is 10.4. The molecule has 0 fully saturated rings. The highest BCUT2D eigenvalue weighted by atomic mass is 79.9. The van der Waals surface area contributed by atoms with E-state index in [4.69, 9.17) is 10.8 Å². The lowest BCUT2D eigenvalue weighted by atomic mass is 10.1. The largest absolute Gasteiger partial charge is 0.480 e. The molecule has 0 aliphatic carbocycles. The van der Waals surface area contributed by atoms with Crippen molar-refractivity contribution in [2.45, 2.75) is 6.04 Å². The number of carboxylic acid groups (broad SMARTS) is 1. The second-order valence-corrected chi connectivity index (χ2v) is 3.40. The van der Waals surface area contributed by atoms with E-state index in [2.05, 4.69) is 15.9 Å². The van der Waals surface area contributed by atoms with E-state index >= 15 is 0 Å². The van der Waals surface area contributed by atoms with Crippen molar-refractivity contribution >= 4 is 21.9 Å². The number of aliphatic carboxylic acids is 1. The Labute approximate surface area is 82.5 Å². The molecule has 0 aliphatic heterocycles. The fraction of sp³-hybridized carbons (Fsp3) is 0.125. The van der Waals surface area contributed by atoms with Crippen molar-refractivity contribution in [3.8, 4) is 0 Å². The molecular weight excluding hydrogens is 241 g/mol. The summed E-state index contributed by atoms with van der Waals surface area (Å²) < 4.78 is 13.6. The number of carboxylic acids is 1. The molecule has 0 bridgehead atoms. The monoisotopic (exact) mass is 247 g/mol. The van der Waals surface area contributed by atoms with Crippen LogP contribution in [0.15, 0.2) is 22.7 Å². The van der Waals surface area contributed by atoms with Crippen molar-refractivity contribution in [3.63, 3.8) is 0 Å². The van der Waals surface area contributed by atoms with E-state index in [1.807, 2.05) is 0 Å². The number of nitrogens with two attached hydrogens (primary N) is 1. The van der Waals surface area contributed by atoms with E-state index in [-0.39, 0.29) is 5.56 Å². The standard InChI is InChI=1S/C8H7BrFNO2/c9-4-1-2-5(6(10)3-4)7(11)8(12)13/h1-3,7H,11H2,(H,12,13)/t7-/m0/s1. The van der Waals surface area contributed by atoms with Gasteiger partial charge in [-0.15, -0.1) is 0 Å². The van der Waals surface area contributed by atoms with Crippen LogP contribution in [0.25, 0.3) is 0 Å². The number of halogens is 2. The number of hydrogen-bond donors (Lipinski definition) is 2. The average Bonchev–Trinajstić information content (AvgIpc) is 2.03. The summed E-state index contributed by atoms with van der Waals surface area (Å²) in [6.45, 7) is 0. The fourth-order valence-corrected chi connectivity index (χ4v) is 1.22. The topological polar surface area (TPSA) is 63.3 Å². The van der Waals surface area contributed by atoms with Gasteiger partial charge in [0.1, 0.15) is 11.9 Å². The van der Waals surface area contributed by atoms with Crippen LogP contribution in [-0.2, 0) is 4.79 Å². The molecule has 0 aromatic heterocycles. The van der Waals surface area contributed by atoms with Gasteiger partial charge in [0.05, 0.1) is 0 Å². The molecule has 0 radical (unpaired) electrons. The first-order valence-electron chi connectivity index (χ1n) is 3.45. The molecule has 0 saturated carbocycles. The lowest BCUT2D eigenvalue weighted by Crippen LogP contribution is -2.21. The maximum Gasteiger partial charge on any atom is 0.325 e. The molecule has 1 aromatic rings. The van der Waals surface area contributed by atoms with Crippen LogP contribution in [0.4, 0.5) is 4.39 Å². The van der Waals surface area contributed by atoms with Crippen LogP contribution in [-0.4, -0.2) is 11.1 Å². The van der Waals surface area contributed by atoms with Gasteiger partial charge in [0, 0.05) is 10.0 Å². The molecule has 1 aromatic carbocycles. The van der Waals surface area contributed by atoms with Gasteiger partial charge in [0.25, 0.3) is 0 Å². The third-order valence-corrected chi connectivity index (χ3v) is 2.06. The molecular formula is C8H7BrFNO2. The van der Waals surface area contributed by atoms with E-state index in [0.29, 0.717) is 4.47 Å². The number of benzene rings is 1. The summed E-state index contributed by atoms with van der Waals surface area (Å²) in [5.41, 5.74) is 5.22. The predicted octanol–water partition coefficient (Wildman–Crippen LogP) is 1.67. The minimum Gasteiger partial charge on any atom is -0.480 e. The summed E-state index contributed by atoms with van der Waals surface area (Å²) in [5.74, 6) is -1.87. The van der Waals surface area contributed by atoms with Crippen molar-refractivity contribution in [1.29, 1.82) is 0 Å². The summed E-state index contributed by atoms with van der Waals surface area (Å²) in [6, 6.07) is 2.76. The average molecular weight is 248 g/mol. The van der Waals surface area contributed by atoms with Crippen molar-refractivity contribution in [2.75, 3.05) is 0 Å². The number of rotatable bonds is 2. The molecule has 0 amide bonds. The van der Waals surface area contributed by atoms with Crippen molar-refractivity contribution in [2.24, 2.45) is 5.73 Å². The Morgan fingerprint density at radius 1 is 1.62 bits per heavy atom. The Morgan fingerprint density at radius 2 is 2.23 bits per heavy atom. The first-order valence-corrected chi connectivity index (χ1v) is 4.25. The van der Waals surface area contributed by atoms with Gasteiger partial charge in [-0.3, -0.25) is 4.79 Å². The molecule has 0 unspecified atom stereocenters. The zero-order chi connectivity index (χ0) is 10.0. The highest BCUT2D eigenvalue weighted by Crippen LogP contribution is 2.19. The van der Waals surface area contributed by atoms with Crippen LogP contribution in [0, 0.1) is 5.82 Å². The van der Waals surface area contributed by atoms with E-state index < -0.39 is 17.8 Å². The lowest BCUT2D eigenvalue weighted by molar-refractivity contribution is -0.138. The van der Waals surface area contributed by atoms with Gasteiger partial charge >= 0.3 is 5.97 Å². The van der Waals surface area contributed by atoms with E-state index in [9.17, 15) is 9.18 Å². The van der Waals surface area contributed by atoms with E-state index in [1.165, 1.54) is 12.1 Å². The van der Waals surface area contributed by atoms with Crippen molar-refractivity contribution in [3.05, 3.63) is 34.1 Å². The Balaban J connectivity index is 3.08. The van der Waals surface area contributed by atoms with Gasteiger partial charge < -0.3 is 10.8 Å².